The third kappa shape index (κ3) is 4.56. The van der Waals surface area contributed by atoms with E-state index < -0.39 is 6.10 Å². The Hall–Kier alpha value is -1.37. The lowest BCUT2D eigenvalue weighted by Gasteiger charge is -2.20. The van der Waals surface area contributed by atoms with Crippen molar-refractivity contribution in [3.8, 4) is 6.07 Å². The second kappa shape index (κ2) is 6.39. The van der Waals surface area contributed by atoms with Gasteiger partial charge in [-0.1, -0.05) is 26.0 Å². The number of hydrogen-bond donors (Lipinski definition) is 2. The summed E-state index contributed by atoms with van der Waals surface area (Å²) >= 11 is 0. The highest BCUT2D eigenvalue weighted by Gasteiger charge is 2.16. The van der Waals surface area contributed by atoms with Crippen LogP contribution in [0.2, 0.25) is 0 Å². The minimum Gasteiger partial charge on any atom is -0.391 e. The SMILES string of the molecule is CC(C)C[C@H](O)[C@H](N)Cc1ccc(C#N)cc1. The van der Waals surface area contributed by atoms with Crippen LogP contribution in [0.25, 0.3) is 0 Å². The van der Waals surface area contributed by atoms with E-state index in [1.807, 2.05) is 12.1 Å². The van der Waals surface area contributed by atoms with Crippen molar-refractivity contribution in [1.82, 2.24) is 0 Å². The molecule has 3 nitrogen and oxygen atoms in total. The molecule has 3 heteroatoms. The number of benzene rings is 1. The Balaban J connectivity index is 2.55. The van der Waals surface area contributed by atoms with Gasteiger partial charge in [0, 0.05) is 6.04 Å². The average Bonchev–Trinajstić information content (AvgIpc) is 2.29. The summed E-state index contributed by atoms with van der Waals surface area (Å²) in [5.41, 5.74) is 7.65. The molecule has 3 N–H and O–H groups in total. The number of nitrogens with two attached hydrogens (primary N) is 1. The fourth-order valence-corrected chi connectivity index (χ4v) is 1.78. The van der Waals surface area contributed by atoms with E-state index in [0.717, 1.165) is 12.0 Å². The molecule has 0 aliphatic heterocycles. The summed E-state index contributed by atoms with van der Waals surface area (Å²) < 4.78 is 0. The molecule has 1 aromatic carbocycles. The van der Waals surface area contributed by atoms with Crippen molar-refractivity contribution in [2.24, 2.45) is 11.7 Å². The van der Waals surface area contributed by atoms with Crippen LogP contribution < -0.4 is 5.73 Å². The Labute approximate surface area is 103 Å². The van der Waals surface area contributed by atoms with Gasteiger partial charge in [-0.15, -0.1) is 0 Å². The van der Waals surface area contributed by atoms with Crippen LogP contribution in [0.4, 0.5) is 0 Å². The zero-order valence-corrected chi connectivity index (χ0v) is 10.4. The molecule has 0 saturated carbocycles. The van der Waals surface area contributed by atoms with Crippen LogP contribution in [0.1, 0.15) is 31.4 Å². The number of aliphatic hydroxyl groups is 1. The number of aliphatic hydroxyl groups excluding tert-OH is 1. The zero-order chi connectivity index (χ0) is 12.8. The van der Waals surface area contributed by atoms with Crippen molar-refractivity contribution in [2.45, 2.75) is 38.8 Å². The molecule has 0 aliphatic rings. The molecule has 2 atom stereocenters. The number of nitrogens with zero attached hydrogens (tertiary/aromatic N) is 1. The first-order chi connectivity index (χ1) is 8.02. The molecule has 0 spiro atoms. The van der Waals surface area contributed by atoms with E-state index in [0.29, 0.717) is 17.9 Å². The Morgan fingerprint density at radius 1 is 1.29 bits per heavy atom. The second-order valence-electron chi connectivity index (χ2n) is 4.87. The molecule has 1 rings (SSSR count). The first kappa shape index (κ1) is 13.7. The lowest BCUT2D eigenvalue weighted by Crippen LogP contribution is -2.37. The third-order valence-electron chi connectivity index (χ3n) is 2.76. The normalized spacial score (nSPS) is 14.4. The van der Waals surface area contributed by atoms with E-state index in [4.69, 9.17) is 11.0 Å². The molecule has 0 fully saturated rings. The Kier molecular flexibility index (Phi) is 5.14. The summed E-state index contributed by atoms with van der Waals surface area (Å²) in [6.07, 6.45) is 0.891. The van der Waals surface area contributed by atoms with Gasteiger partial charge in [0.1, 0.15) is 0 Å². The molecule has 0 aliphatic carbocycles. The molecule has 1 aromatic rings. The summed E-state index contributed by atoms with van der Waals surface area (Å²) in [6.45, 7) is 4.13. The Morgan fingerprint density at radius 2 is 1.88 bits per heavy atom. The largest absolute Gasteiger partial charge is 0.391 e. The van der Waals surface area contributed by atoms with Gasteiger partial charge < -0.3 is 10.8 Å². The van der Waals surface area contributed by atoms with Gasteiger partial charge in [0.25, 0.3) is 0 Å². The number of nitriles is 1. The molecular weight excluding hydrogens is 212 g/mol. The third-order valence-corrected chi connectivity index (χ3v) is 2.76. The van der Waals surface area contributed by atoms with Crippen LogP contribution in [0, 0.1) is 17.2 Å². The van der Waals surface area contributed by atoms with Crippen molar-refractivity contribution in [3.63, 3.8) is 0 Å². The van der Waals surface area contributed by atoms with Gasteiger partial charge in [-0.05, 0) is 36.5 Å². The first-order valence-corrected chi connectivity index (χ1v) is 5.95. The maximum Gasteiger partial charge on any atom is 0.0991 e. The summed E-state index contributed by atoms with van der Waals surface area (Å²) in [5, 5.41) is 18.6. The van der Waals surface area contributed by atoms with Crippen molar-refractivity contribution in [1.29, 1.82) is 5.26 Å². The number of hydrogen-bond acceptors (Lipinski definition) is 3. The smallest absolute Gasteiger partial charge is 0.0991 e. The lowest BCUT2D eigenvalue weighted by atomic mass is 9.95. The lowest BCUT2D eigenvalue weighted by molar-refractivity contribution is 0.120. The van der Waals surface area contributed by atoms with Crippen LogP contribution in [0.3, 0.4) is 0 Å². The van der Waals surface area contributed by atoms with Gasteiger partial charge in [0.2, 0.25) is 0 Å². The summed E-state index contributed by atoms with van der Waals surface area (Å²) in [7, 11) is 0. The van der Waals surface area contributed by atoms with Gasteiger partial charge in [-0.3, -0.25) is 0 Å². The Bertz CT molecular complexity index is 378. The maximum atomic E-state index is 9.87. The van der Waals surface area contributed by atoms with E-state index in [-0.39, 0.29) is 6.04 Å². The van der Waals surface area contributed by atoms with Crippen LogP contribution in [0.15, 0.2) is 24.3 Å². The molecule has 0 unspecified atom stereocenters. The van der Waals surface area contributed by atoms with E-state index in [1.165, 1.54) is 0 Å². The predicted octanol–water partition coefficient (Wildman–Crippen LogP) is 1.84. The van der Waals surface area contributed by atoms with Crippen LogP contribution in [0.5, 0.6) is 0 Å². The highest BCUT2D eigenvalue weighted by Crippen LogP contribution is 2.12. The van der Waals surface area contributed by atoms with Crippen LogP contribution in [-0.4, -0.2) is 17.3 Å². The second-order valence-corrected chi connectivity index (χ2v) is 4.87. The first-order valence-electron chi connectivity index (χ1n) is 5.95. The molecule has 0 heterocycles. The number of rotatable bonds is 5. The zero-order valence-electron chi connectivity index (χ0n) is 10.4. The monoisotopic (exact) mass is 232 g/mol. The van der Waals surface area contributed by atoms with Gasteiger partial charge in [-0.2, -0.15) is 5.26 Å². The fourth-order valence-electron chi connectivity index (χ4n) is 1.78. The van der Waals surface area contributed by atoms with Crippen molar-refractivity contribution in [2.75, 3.05) is 0 Å². The topological polar surface area (TPSA) is 70.0 Å². The van der Waals surface area contributed by atoms with Gasteiger partial charge in [0.15, 0.2) is 0 Å². The highest BCUT2D eigenvalue weighted by atomic mass is 16.3. The Morgan fingerprint density at radius 3 is 2.35 bits per heavy atom. The van der Waals surface area contributed by atoms with E-state index in [1.54, 1.807) is 12.1 Å². The molecular formula is C14H20N2O. The molecule has 17 heavy (non-hydrogen) atoms. The van der Waals surface area contributed by atoms with Crippen LogP contribution in [-0.2, 0) is 6.42 Å². The standard InChI is InChI=1S/C14H20N2O/c1-10(2)7-14(17)13(16)8-11-3-5-12(9-15)6-4-11/h3-6,10,13-14,17H,7-8,16H2,1-2H3/t13-,14+/m1/s1. The average molecular weight is 232 g/mol. The van der Waals surface area contributed by atoms with Gasteiger partial charge in [-0.25, -0.2) is 0 Å². The summed E-state index contributed by atoms with van der Waals surface area (Å²) in [6, 6.07) is 9.16. The molecule has 0 radical (unpaired) electrons. The fraction of sp³-hybridized carbons (Fsp3) is 0.500. The van der Waals surface area contributed by atoms with Crippen LogP contribution >= 0.6 is 0 Å². The van der Waals surface area contributed by atoms with Gasteiger partial charge >= 0.3 is 0 Å². The molecule has 0 amide bonds. The van der Waals surface area contributed by atoms with Gasteiger partial charge in [0.05, 0.1) is 17.7 Å². The quantitative estimate of drug-likeness (QED) is 0.813. The van der Waals surface area contributed by atoms with E-state index >= 15 is 0 Å². The van der Waals surface area contributed by atoms with E-state index in [2.05, 4.69) is 19.9 Å². The van der Waals surface area contributed by atoms with Crippen molar-refractivity contribution in [3.05, 3.63) is 35.4 Å². The summed E-state index contributed by atoms with van der Waals surface area (Å²) in [4.78, 5) is 0. The minimum atomic E-state index is -0.467. The molecule has 0 aromatic heterocycles. The maximum absolute atomic E-state index is 9.87. The van der Waals surface area contributed by atoms with Crippen molar-refractivity contribution >= 4 is 0 Å². The predicted molar refractivity (Wildman–Crippen MR) is 68.3 cm³/mol. The molecule has 92 valence electrons. The van der Waals surface area contributed by atoms with E-state index in [9.17, 15) is 5.11 Å². The highest BCUT2D eigenvalue weighted by molar-refractivity contribution is 5.31. The summed E-state index contributed by atoms with van der Waals surface area (Å²) in [5.74, 6) is 0.442. The minimum absolute atomic E-state index is 0.245. The molecule has 0 saturated heterocycles. The molecule has 0 bridgehead atoms. The van der Waals surface area contributed by atoms with Crippen molar-refractivity contribution < 1.29 is 5.11 Å².